The second-order valence-corrected chi connectivity index (χ2v) is 5.06. The summed E-state index contributed by atoms with van der Waals surface area (Å²) in [5, 5.41) is 15.5. The van der Waals surface area contributed by atoms with E-state index in [0.717, 1.165) is 18.5 Å². The summed E-state index contributed by atoms with van der Waals surface area (Å²) in [6, 6.07) is 5.83. The molecule has 0 atom stereocenters. The van der Waals surface area contributed by atoms with E-state index in [2.05, 4.69) is 10.5 Å². The van der Waals surface area contributed by atoms with Gasteiger partial charge in [-0.3, -0.25) is 4.79 Å². The molecule has 0 spiro atoms. The van der Waals surface area contributed by atoms with Gasteiger partial charge in [-0.2, -0.15) is 0 Å². The standard InChI is InChI=1S/C15H14N2O5/c1-21-12-6-9(15(19)20)4-5-10(12)16-14(18)13-7-11(17-22-13)8-2-3-8/h4-8H,2-3H2,1H3,(H,16,18)(H,19,20). The summed E-state index contributed by atoms with van der Waals surface area (Å²) in [4.78, 5) is 23.1. The maximum absolute atomic E-state index is 12.1. The number of rotatable bonds is 5. The lowest BCUT2D eigenvalue weighted by molar-refractivity contribution is 0.0696. The zero-order valence-corrected chi connectivity index (χ0v) is 11.8. The average molecular weight is 302 g/mol. The van der Waals surface area contributed by atoms with E-state index in [1.54, 1.807) is 6.07 Å². The Bertz CT molecular complexity index is 733. The molecule has 1 aliphatic rings. The van der Waals surface area contributed by atoms with Crippen molar-refractivity contribution in [2.24, 2.45) is 0 Å². The van der Waals surface area contributed by atoms with Gasteiger partial charge in [0.2, 0.25) is 5.76 Å². The summed E-state index contributed by atoms with van der Waals surface area (Å²) in [6.07, 6.45) is 2.14. The Morgan fingerprint density at radius 1 is 1.36 bits per heavy atom. The third-order valence-electron chi connectivity index (χ3n) is 3.44. The Balaban J connectivity index is 1.78. The zero-order chi connectivity index (χ0) is 15.7. The first-order valence-corrected chi connectivity index (χ1v) is 6.78. The van der Waals surface area contributed by atoms with Crippen LogP contribution >= 0.6 is 0 Å². The summed E-state index contributed by atoms with van der Waals surface area (Å²) >= 11 is 0. The first kappa shape index (κ1) is 14.1. The lowest BCUT2D eigenvalue weighted by Gasteiger charge is -2.09. The fraction of sp³-hybridized carbons (Fsp3) is 0.267. The van der Waals surface area contributed by atoms with Gasteiger partial charge in [0, 0.05) is 12.0 Å². The molecule has 1 fully saturated rings. The lowest BCUT2D eigenvalue weighted by atomic mass is 10.2. The molecule has 22 heavy (non-hydrogen) atoms. The predicted molar refractivity (Wildman–Crippen MR) is 76.4 cm³/mol. The van der Waals surface area contributed by atoms with Crippen molar-refractivity contribution in [3.63, 3.8) is 0 Å². The van der Waals surface area contributed by atoms with Gasteiger partial charge in [0.1, 0.15) is 5.75 Å². The number of benzene rings is 1. The Morgan fingerprint density at radius 3 is 2.77 bits per heavy atom. The van der Waals surface area contributed by atoms with E-state index < -0.39 is 11.9 Å². The molecule has 1 amide bonds. The molecule has 0 radical (unpaired) electrons. The Labute approximate surface area is 125 Å². The molecular weight excluding hydrogens is 288 g/mol. The van der Waals surface area contributed by atoms with Crippen LogP contribution in [0.3, 0.4) is 0 Å². The molecule has 3 rings (SSSR count). The van der Waals surface area contributed by atoms with E-state index in [-0.39, 0.29) is 17.1 Å². The normalized spacial score (nSPS) is 13.7. The van der Waals surface area contributed by atoms with Crippen molar-refractivity contribution in [1.82, 2.24) is 5.16 Å². The van der Waals surface area contributed by atoms with Crippen molar-refractivity contribution in [2.45, 2.75) is 18.8 Å². The number of carbonyl (C=O) groups is 2. The van der Waals surface area contributed by atoms with E-state index >= 15 is 0 Å². The van der Waals surface area contributed by atoms with Crippen molar-refractivity contribution < 1.29 is 24.0 Å². The third kappa shape index (κ3) is 2.78. The van der Waals surface area contributed by atoms with Gasteiger partial charge in [-0.25, -0.2) is 4.79 Å². The van der Waals surface area contributed by atoms with Crippen molar-refractivity contribution in [2.75, 3.05) is 12.4 Å². The third-order valence-corrected chi connectivity index (χ3v) is 3.44. The van der Waals surface area contributed by atoms with Gasteiger partial charge in [0.15, 0.2) is 0 Å². The molecular formula is C15H14N2O5. The molecule has 1 aromatic carbocycles. The number of carboxylic acids is 1. The van der Waals surface area contributed by atoms with Crippen LogP contribution in [0, 0.1) is 0 Å². The van der Waals surface area contributed by atoms with Gasteiger partial charge in [-0.15, -0.1) is 0 Å². The van der Waals surface area contributed by atoms with Crippen molar-refractivity contribution >= 4 is 17.6 Å². The second-order valence-electron chi connectivity index (χ2n) is 5.06. The van der Waals surface area contributed by atoms with E-state index in [4.69, 9.17) is 14.4 Å². The molecule has 0 saturated heterocycles. The summed E-state index contributed by atoms with van der Waals surface area (Å²) in [5.74, 6) is -0.752. The summed E-state index contributed by atoms with van der Waals surface area (Å²) < 4.78 is 10.1. The number of methoxy groups -OCH3 is 1. The molecule has 0 aliphatic heterocycles. The smallest absolute Gasteiger partial charge is 0.335 e. The van der Waals surface area contributed by atoms with Crippen LogP contribution in [0.25, 0.3) is 0 Å². The van der Waals surface area contributed by atoms with Gasteiger partial charge in [-0.1, -0.05) is 5.16 Å². The van der Waals surface area contributed by atoms with Crippen LogP contribution in [-0.4, -0.2) is 29.2 Å². The highest BCUT2D eigenvalue weighted by Gasteiger charge is 2.28. The van der Waals surface area contributed by atoms with Crippen molar-refractivity contribution in [3.8, 4) is 5.75 Å². The number of carboxylic acid groups (broad SMARTS) is 1. The number of carbonyl (C=O) groups excluding carboxylic acids is 1. The number of amides is 1. The van der Waals surface area contributed by atoms with Gasteiger partial charge in [0.05, 0.1) is 24.1 Å². The second kappa shape index (κ2) is 5.51. The molecule has 0 bridgehead atoms. The molecule has 0 unspecified atom stereocenters. The highest BCUT2D eigenvalue weighted by Crippen LogP contribution is 2.39. The number of anilines is 1. The van der Waals surface area contributed by atoms with Crippen LogP contribution in [0.4, 0.5) is 5.69 Å². The molecule has 1 aliphatic carbocycles. The van der Waals surface area contributed by atoms with Crippen molar-refractivity contribution in [1.29, 1.82) is 0 Å². The van der Waals surface area contributed by atoms with Crippen LogP contribution in [0.15, 0.2) is 28.8 Å². The largest absolute Gasteiger partial charge is 0.495 e. The minimum Gasteiger partial charge on any atom is -0.495 e. The van der Waals surface area contributed by atoms with Gasteiger partial charge in [-0.05, 0) is 31.0 Å². The minimum absolute atomic E-state index is 0.0746. The molecule has 1 saturated carbocycles. The van der Waals surface area contributed by atoms with Crippen LogP contribution in [0.1, 0.15) is 45.4 Å². The molecule has 7 heteroatoms. The lowest BCUT2D eigenvalue weighted by Crippen LogP contribution is -2.12. The number of hydrogen-bond acceptors (Lipinski definition) is 5. The zero-order valence-electron chi connectivity index (χ0n) is 11.8. The number of aromatic carboxylic acids is 1. The van der Waals surface area contributed by atoms with Crippen molar-refractivity contribution in [3.05, 3.63) is 41.3 Å². The van der Waals surface area contributed by atoms with Crippen LogP contribution in [-0.2, 0) is 0 Å². The molecule has 1 aromatic heterocycles. The molecule has 1 heterocycles. The summed E-state index contributed by atoms with van der Waals surface area (Å²) in [6.45, 7) is 0. The highest BCUT2D eigenvalue weighted by molar-refractivity contribution is 6.03. The average Bonchev–Trinajstić information content (AvgIpc) is 3.24. The number of hydrogen-bond donors (Lipinski definition) is 2. The Kier molecular flexibility index (Phi) is 3.54. The van der Waals surface area contributed by atoms with Crippen LogP contribution < -0.4 is 10.1 Å². The Morgan fingerprint density at radius 2 is 2.14 bits per heavy atom. The van der Waals surface area contributed by atoms with Gasteiger partial charge < -0.3 is 19.7 Å². The maximum atomic E-state index is 12.1. The fourth-order valence-corrected chi connectivity index (χ4v) is 2.08. The monoisotopic (exact) mass is 302 g/mol. The summed E-state index contributed by atoms with van der Waals surface area (Å²) in [7, 11) is 1.40. The summed E-state index contributed by atoms with van der Waals surface area (Å²) in [5.41, 5.74) is 1.23. The van der Waals surface area contributed by atoms with Gasteiger partial charge in [0.25, 0.3) is 5.91 Å². The maximum Gasteiger partial charge on any atom is 0.335 e. The van der Waals surface area contributed by atoms with E-state index in [9.17, 15) is 9.59 Å². The van der Waals surface area contributed by atoms with E-state index in [0.29, 0.717) is 11.6 Å². The van der Waals surface area contributed by atoms with Crippen LogP contribution in [0.5, 0.6) is 5.75 Å². The SMILES string of the molecule is COc1cc(C(=O)O)ccc1NC(=O)c1cc(C2CC2)no1. The number of nitrogens with one attached hydrogen (secondary N) is 1. The molecule has 114 valence electrons. The number of ether oxygens (including phenoxy) is 1. The van der Waals surface area contributed by atoms with E-state index in [1.807, 2.05) is 0 Å². The molecule has 2 aromatic rings. The molecule has 7 nitrogen and oxygen atoms in total. The predicted octanol–water partition coefficient (Wildman–Crippen LogP) is 2.51. The fourth-order valence-electron chi connectivity index (χ4n) is 2.08. The quantitative estimate of drug-likeness (QED) is 0.880. The Hall–Kier alpha value is -2.83. The van der Waals surface area contributed by atoms with Crippen LogP contribution in [0.2, 0.25) is 0 Å². The number of aromatic nitrogens is 1. The number of nitrogens with zero attached hydrogens (tertiary/aromatic N) is 1. The molecule has 2 N–H and O–H groups in total. The first-order chi connectivity index (χ1) is 10.6. The topological polar surface area (TPSA) is 102 Å². The first-order valence-electron chi connectivity index (χ1n) is 6.78. The highest BCUT2D eigenvalue weighted by atomic mass is 16.5. The van der Waals surface area contributed by atoms with Gasteiger partial charge >= 0.3 is 5.97 Å². The minimum atomic E-state index is -1.07. The van der Waals surface area contributed by atoms with E-state index in [1.165, 1.54) is 25.3 Å².